The number of carbonyl (C=O) groups excluding carboxylic acids is 1. The number of benzene rings is 2. The molecule has 0 radical (unpaired) electrons. The lowest BCUT2D eigenvalue weighted by Gasteiger charge is -2.35. The number of ether oxygens (including phenoxy) is 1. The van der Waals surface area contributed by atoms with E-state index < -0.39 is 17.4 Å². The second-order valence-corrected chi connectivity index (χ2v) is 7.99. The van der Waals surface area contributed by atoms with E-state index in [-0.39, 0.29) is 12.5 Å². The minimum absolute atomic E-state index is 0.104. The number of aryl methyl sites for hydroxylation is 2. The van der Waals surface area contributed by atoms with Crippen LogP contribution in [0.5, 0.6) is 5.75 Å². The molecule has 1 amide bonds. The van der Waals surface area contributed by atoms with Gasteiger partial charge in [0.15, 0.2) is 0 Å². The number of fused-ring (bicyclic) bond motifs is 1. The molecule has 0 saturated carbocycles. The Morgan fingerprint density at radius 3 is 2.64 bits per heavy atom. The molecule has 1 unspecified atom stereocenters. The van der Waals surface area contributed by atoms with Gasteiger partial charge in [-0.1, -0.05) is 29.8 Å². The zero-order chi connectivity index (χ0) is 20.5. The molecule has 0 saturated heterocycles. The molecule has 1 aliphatic rings. The maximum atomic E-state index is 13.1. The number of halogens is 1. The number of carboxylic acid groups (broad SMARTS) is 1. The van der Waals surface area contributed by atoms with Crippen LogP contribution < -0.4 is 10.1 Å². The van der Waals surface area contributed by atoms with Crippen molar-refractivity contribution in [2.75, 3.05) is 0 Å². The molecule has 1 aliphatic carbocycles. The van der Waals surface area contributed by atoms with Gasteiger partial charge in [-0.2, -0.15) is 0 Å². The summed E-state index contributed by atoms with van der Waals surface area (Å²) in [6.07, 6.45) is 0.943. The van der Waals surface area contributed by atoms with Gasteiger partial charge >= 0.3 is 5.97 Å². The first-order valence-corrected chi connectivity index (χ1v) is 9.69. The van der Waals surface area contributed by atoms with Gasteiger partial charge < -0.3 is 15.2 Å². The molecule has 0 fully saturated rings. The Morgan fingerprint density at radius 2 is 1.96 bits per heavy atom. The Bertz CT molecular complexity index is 925. The van der Waals surface area contributed by atoms with Crippen molar-refractivity contribution in [1.29, 1.82) is 0 Å². The van der Waals surface area contributed by atoms with Crippen molar-refractivity contribution >= 4 is 23.5 Å². The van der Waals surface area contributed by atoms with Crippen LogP contribution in [0.15, 0.2) is 36.4 Å². The van der Waals surface area contributed by atoms with Crippen LogP contribution in [-0.4, -0.2) is 28.6 Å². The maximum absolute atomic E-state index is 13.1. The molecule has 6 heteroatoms. The summed E-state index contributed by atoms with van der Waals surface area (Å²) in [5.74, 6) is -1.00. The molecule has 0 heterocycles. The molecule has 28 heavy (non-hydrogen) atoms. The van der Waals surface area contributed by atoms with Crippen LogP contribution in [0.1, 0.15) is 47.3 Å². The summed E-state index contributed by atoms with van der Waals surface area (Å²) in [5.41, 5.74) is 1.72. The number of hydrogen-bond donors (Lipinski definition) is 2. The van der Waals surface area contributed by atoms with Crippen LogP contribution in [0.3, 0.4) is 0 Å². The van der Waals surface area contributed by atoms with Crippen LogP contribution in [-0.2, 0) is 17.6 Å². The minimum Gasteiger partial charge on any atom is -0.490 e. The number of aliphatic carboxylic acids is 1. The molecule has 2 aromatic rings. The number of rotatable bonds is 5. The lowest BCUT2D eigenvalue weighted by Crippen LogP contribution is -2.57. The molecule has 148 valence electrons. The number of carbonyl (C=O) groups is 2. The van der Waals surface area contributed by atoms with E-state index in [4.69, 9.17) is 16.3 Å². The lowest BCUT2D eigenvalue weighted by atomic mass is 9.77. The minimum atomic E-state index is -1.36. The van der Waals surface area contributed by atoms with E-state index in [1.54, 1.807) is 18.2 Å². The number of para-hydroxylation sites is 1. The summed E-state index contributed by atoms with van der Waals surface area (Å²) in [6.45, 7) is 5.63. The first-order chi connectivity index (χ1) is 13.2. The Hall–Kier alpha value is -2.53. The first kappa shape index (κ1) is 20.2. The fourth-order valence-electron chi connectivity index (χ4n) is 3.61. The van der Waals surface area contributed by atoms with Gasteiger partial charge in [-0.25, -0.2) is 4.79 Å². The summed E-state index contributed by atoms with van der Waals surface area (Å²) in [5, 5.41) is 13.4. The summed E-state index contributed by atoms with van der Waals surface area (Å²) < 4.78 is 5.83. The van der Waals surface area contributed by atoms with E-state index in [1.807, 2.05) is 39.0 Å². The predicted octanol–water partition coefficient (Wildman–Crippen LogP) is 4.18. The Kier molecular flexibility index (Phi) is 5.66. The molecular formula is C22H24ClNO4. The highest BCUT2D eigenvalue weighted by atomic mass is 35.5. The summed E-state index contributed by atoms with van der Waals surface area (Å²) in [7, 11) is 0. The highest BCUT2D eigenvalue weighted by Crippen LogP contribution is 2.32. The van der Waals surface area contributed by atoms with Gasteiger partial charge in [-0.05, 0) is 68.5 Å². The van der Waals surface area contributed by atoms with Gasteiger partial charge in [0.05, 0.1) is 11.7 Å². The Balaban J connectivity index is 1.92. The summed E-state index contributed by atoms with van der Waals surface area (Å²) in [6, 6.07) is 10.7. The fourth-order valence-corrected chi connectivity index (χ4v) is 3.81. The number of amides is 1. The van der Waals surface area contributed by atoms with Crippen molar-refractivity contribution in [2.24, 2.45) is 0 Å². The summed E-state index contributed by atoms with van der Waals surface area (Å²) >= 11 is 6.05. The molecule has 2 aromatic carbocycles. The third kappa shape index (κ3) is 3.99. The van der Waals surface area contributed by atoms with Gasteiger partial charge in [0.1, 0.15) is 11.3 Å². The molecule has 0 aliphatic heterocycles. The molecule has 5 nitrogen and oxygen atoms in total. The SMILES string of the molecule is Cc1cccc(C(=O)NC2(C(=O)O)CCc3cc(Cl)ccc3C2)c1OC(C)C. The van der Waals surface area contributed by atoms with E-state index in [0.29, 0.717) is 29.2 Å². The second kappa shape index (κ2) is 7.84. The van der Waals surface area contributed by atoms with Crippen LogP contribution >= 0.6 is 11.6 Å². The highest BCUT2D eigenvalue weighted by molar-refractivity contribution is 6.30. The Morgan fingerprint density at radius 1 is 1.21 bits per heavy atom. The zero-order valence-electron chi connectivity index (χ0n) is 16.2. The van der Waals surface area contributed by atoms with Gasteiger partial charge in [-0.15, -0.1) is 0 Å². The van der Waals surface area contributed by atoms with Crippen molar-refractivity contribution in [3.8, 4) is 5.75 Å². The molecule has 2 N–H and O–H groups in total. The smallest absolute Gasteiger partial charge is 0.329 e. The van der Waals surface area contributed by atoms with E-state index in [2.05, 4.69) is 5.32 Å². The number of hydrogen-bond acceptors (Lipinski definition) is 3. The van der Waals surface area contributed by atoms with Crippen molar-refractivity contribution in [3.63, 3.8) is 0 Å². The fraction of sp³-hybridized carbons (Fsp3) is 0.364. The molecule has 1 atom stereocenters. The van der Waals surface area contributed by atoms with Gasteiger partial charge in [-0.3, -0.25) is 4.79 Å². The van der Waals surface area contributed by atoms with Gasteiger partial charge in [0.2, 0.25) is 0 Å². The topological polar surface area (TPSA) is 75.6 Å². The molecular weight excluding hydrogens is 378 g/mol. The van der Waals surface area contributed by atoms with Crippen molar-refractivity contribution in [1.82, 2.24) is 5.32 Å². The highest BCUT2D eigenvalue weighted by Gasteiger charge is 2.43. The molecule has 0 bridgehead atoms. The molecule has 3 rings (SSSR count). The number of nitrogens with one attached hydrogen (secondary N) is 1. The number of carboxylic acids is 1. The predicted molar refractivity (Wildman–Crippen MR) is 108 cm³/mol. The zero-order valence-corrected chi connectivity index (χ0v) is 17.0. The van der Waals surface area contributed by atoms with Gasteiger partial charge in [0, 0.05) is 11.4 Å². The first-order valence-electron chi connectivity index (χ1n) is 9.31. The second-order valence-electron chi connectivity index (χ2n) is 7.55. The van der Waals surface area contributed by atoms with E-state index in [9.17, 15) is 14.7 Å². The van der Waals surface area contributed by atoms with E-state index in [0.717, 1.165) is 16.7 Å². The van der Waals surface area contributed by atoms with Crippen LogP contribution in [0.25, 0.3) is 0 Å². The van der Waals surface area contributed by atoms with Crippen LogP contribution in [0, 0.1) is 6.92 Å². The largest absolute Gasteiger partial charge is 0.490 e. The standard InChI is InChI=1S/C22H24ClNO4/c1-13(2)28-19-14(3)5-4-6-18(19)20(25)24-22(21(26)27)10-9-15-11-17(23)8-7-16(15)12-22/h4-8,11,13H,9-10,12H2,1-3H3,(H,24,25)(H,26,27). The van der Waals surface area contributed by atoms with E-state index in [1.165, 1.54) is 0 Å². The third-order valence-electron chi connectivity index (χ3n) is 5.05. The molecule has 0 aromatic heterocycles. The normalized spacial score (nSPS) is 18.5. The Labute approximate surface area is 169 Å². The molecule has 0 spiro atoms. The van der Waals surface area contributed by atoms with Crippen molar-refractivity contribution < 1.29 is 19.4 Å². The lowest BCUT2D eigenvalue weighted by molar-refractivity contribution is -0.145. The van der Waals surface area contributed by atoms with E-state index >= 15 is 0 Å². The quantitative estimate of drug-likeness (QED) is 0.788. The van der Waals surface area contributed by atoms with Crippen LogP contribution in [0.4, 0.5) is 0 Å². The summed E-state index contributed by atoms with van der Waals surface area (Å²) in [4.78, 5) is 25.2. The average Bonchev–Trinajstić information content (AvgIpc) is 2.63. The van der Waals surface area contributed by atoms with Gasteiger partial charge in [0.25, 0.3) is 5.91 Å². The van der Waals surface area contributed by atoms with Crippen molar-refractivity contribution in [3.05, 3.63) is 63.7 Å². The van der Waals surface area contributed by atoms with Crippen LogP contribution in [0.2, 0.25) is 5.02 Å². The third-order valence-corrected chi connectivity index (χ3v) is 5.29. The monoisotopic (exact) mass is 401 g/mol. The maximum Gasteiger partial charge on any atom is 0.329 e. The average molecular weight is 402 g/mol. The van der Waals surface area contributed by atoms with Crippen molar-refractivity contribution in [2.45, 2.75) is 51.7 Å².